The summed E-state index contributed by atoms with van der Waals surface area (Å²) in [4.78, 5) is 14.6. The Balaban J connectivity index is 1.20. The van der Waals surface area contributed by atoms with Gasteiger partial charge in [0.1, 0.15) is 47.7 Å². The van der Waals surface area contributed by atoms with Crippen LogP contribution in [0, 0.1) is 22.7 Å². The van der Waals surface area contributed by atoms with E-state index in [9.17, 15) is 25.1 Å². The predicted molar refractivity (Wildman–Crippen MR) is 214 cm³/mol. The number of unbranched alkanes of at least 4 members (excludes halogenated alkanes) is 15. The number of aliphatic hydroxyl groups is 1. The highest BCUT2D eigenvalue weighted by molar-refractivity contribution is 7.47. The minimum absolute atomic E-state index is 0.0511. The number of nitrogens with two attached hydrogens (primary N) is 1. The maximum absolute atomic E-state index is 13.1. The molecule has 3 heterocycles. The Morgan fingerprint density at radius 3 is 2.23 bits per heavy atom. The lowest BCUT2D eigenvalue weighted by molar-refractivity contribution is -0.0540. The van der Waals surface area contributed by atoms with E-state index in [0.29, 0.717) is 34.9 Å². The Labute approximate surface area is 337 Å². The Morgan fingerprint density at radius 2 is 1.61 bits per heavy atom. The van der Waals surface area contributed by atoms with Crippen LogP contribution < -0.4 is 15.2 Å². The van der Waals surface area contributed by atoms with E-state index in [4.69, 9.17) is 33.7 Å². The number of methoxy groups -OCH3 is 1. The molecule has 0 bridgehead atoms. The number of hydrogen-bond acceptors (Lipinski definition) is 13. The van der Waals surface area contributed by atoms with E-state index >= 15 is 0 Å². The highest BCUT2D eigenvalue weighted by atomic mass is 31.2. The van der Waals surface area contributed by atoms with Crippen molar-refractivity contribution >= 4 is 19.2 Å². The monoisotopic (exact) mass is 812 g/mol. The Bertz CT molecular complexity index is 1780. The molecule has 3 aromatic rings. The third kappa shape index (κ3) is 14.5. The van der Waals surface area contributed by atoms with Crippen molar-refractivity contribution in [1.29, 1.82) is 10.5 Å². The van der Waals surface area contributed by atoms with Crippen molar-refractivity contribution in [2.75, 3.05) is 39.3 Å². The number of ether oxygens (including phenoxy) is 4. The molecule has 4 N–H and O–H groups in total. The molecular weight excluding hydrogens is 751 g/mol. The van der Waals surface area contributed by atoms with Gasteiger partial charge in [0, 0.05) is 19.1 Å². The normalized spacial score (nSPS) is 19.5. The first kappa shape index (κ1) is 45.9. The molecule has 5 atom stereocenters. The lowest BCUT2D eigenvalue weighted by Crippen LogP contribution is -2.30. The summed E-state index contributed by atoms with van der Waals surface area (Å²) in [6, 6.07) is 12.1. The van der Waals surface area contributed by atoms with Gasteiger partial charge in [-0.05, 0) is 30.7 Å². The molecule has 1 unspecified atom stereocenters. The van der Waals surface area contributed by atoms with Crippen LogP contribution in [-0.2, 0) is 28.7 Å². The van der Waals surface area contributed by atoms with Crippen LogP contribution >= 0.6 is 7.82 Å². The highest BCUT2D eigenvalue weighted by Gasteiger charge is 2.50. The van der Waals surface area contributed by atoms with E-state index in [0.717, 1.165) is 19.3 Å². The first-order valence-electron chi connectivity index (χ1n) is 20.5. The Kier molecular flexibility index (Phi) is 19.5. The van der Waals surface area contributed by atoms with Crippen molar-refractivity contribution in [2.24, 2.45) is 0 Å². The zero-order valence-corrected chi connectivity index (χ0v) is 34.5. The molecule has 1 aliphatic heterocycles. The molecule has 314 valence electrons. The topological polar surface area (TPSA) is 217 Å². The lowest BCUT2D eigenvalue weighted by Gasteiger charge is -2.23. The summed E-state index contributed by atoms with van der Waals surface area (Å²) >= 11 is 0. The van der Waals surface area contributed by atoms with Gasteiger partial charge in [-0.2, -0.15) is 15.6 Å². The number of aromatic nitrogens is 3. The third-order valence-corrected chi connectivity index (χ3v) is 11.2. The SMILES string of the molecule is CCCCCCCCCCCCCCCCCCOC[C@H](COP(=O)(O)OC[C@H]1O[C@@](C#N)(c2ccc3c(N)ncnn23)C[C@@H]1O)Oc1ccc(C#N)c(OC)c1. The van der Waals surface area contributed by atoms with Crippen LogP contribution in [0.2, 0.25) is 0 Å². The third-order valence-electron chi connectivity index (χ3n) is 10.2. The number of nitrogens with zero attached hydrogens (tertiary/aromatic N) is 5. The number of benzene rings is 1. The van der Waals surface area contributed by atoms with Gasteiger partial charge in [0.15, 0.2) is 11.4 Å². The second-order valence-electron chi connectivity index (χ2n) is 14.7. The second kappa shape index (κ2) is 24.2. The average Bonchev–Trinajstić information content (AvgIpc) is 3.80. The van der Waals surface area contributed by atoms with Crippen LogP contribution in [0.25, 0.3) is 5.52 Å². The zero-order valence-electron chi connectivity index (χ0n) is 33.6. The predicted octanol–water partition coefficient (Wildman–Crippen LogP) is 7.92. The Hall–Kier alpha value is -3.79. The standard InChI is InChI=1S/C41H61N6O9P/c1-3-4-5-6-7-8-9-10-11-12-13-14-15-16-17-18-23-52-27-34(55-33-20-19-32(26-42)37(24-33)51-2)28-53-57(49,50)54-29-38-36(48)25-41(30-43,56-38)39-22-21-35-40(44)45-31-46-47(35)39/h19-22,24,31,34,36,38,48H,3-18,23,25,27-29H2,1-2H3,(H,49,50)(H2,44,45,46)/t34-,36+,38-,41+/m1/s1. The maximum Gasteiger partial charge on any atom is 0.472 e. The number of rotatable bonds is 29. The smallest absolute Gasteiger partial charge is 0.472 e. The molecule has 1 saturated heterocycles. The first-order chi connectivity index (χ1) is 27.6. The fourth-order valence-electron chi connectivity index (χ4n) is 7.00. The Morgan fingerprint density at radius 1 is 0.965 bits per heavy atom. The molecule has 15 nitrogen and oxygen atoms in total. The molecule has 2 aromatic heterocycles. The number of phosphoric acid groups is 1. The summed E-state index contributed by atoms with van der Waals surface area (Å²) in [6.45, 7) is 1.86. The van der Waals surface area contributed by atoms with Gasteiger partial charge in [0.2, 0.25) is 0 Å². The first-order valence-corrected chi connectivity index (χ1v) is 21.9. The summed E-state index contributed by atoms with van der Waals surface area (Å²) in [5.41, 5.74) is 5.40. The van der Waals surface area contributed by atoms with Gasteiger partial charge in [0.25, 0.3) is 0 Å². The van der Waals surface area contributed by atoms with E-state index in [1.807, 2.05) is 0 Å². The number of nitriles is 2. The van der Waals surface area contributed by atoms with Crippen molar-refractivity contribution in [3.05, 3.63) is 47.9 Å². The van der Waals surface area contributed by atoms with Gasteiger partial charge in [0.05, 0.1) is 44.3 Å². The van der Waals surface area contributed by atoms with Crippen molar-refractivity contribution in [3.63, 3.8) is 0 Å². The zero-order chi connectivity index (χ0) is 40.9. The van der Waals surface area contributed by atoms with Crippen molar-refractivity contribution in [3.8, 4) is 23.6 Å². The van der Waals surface area contributed by atoms with Gasteiger partial charge < -0.3 is 34.7 Å². The van der Waals surface area contributed by atoms with Gasteiger partial charge in [-0.25, -0.2) is 14.1 Å². The molecule has 16 heteroatoms. The number of phosphoric ester groups is 1. The molecule has 0 spiro atoms. The maximum atomic E-state index is 13.1. The van der Waals surface area contributed by atoms with E-state index < -0.39 is 38.3 Å². The minimum atomic E-state index is -4.71. The van der Waals surface area contributed by atoms with E-state index in [-0.39, 0.29) is 25.5 Å². The molecule has 1 fully saturated rings. The van der Waals surface area contributed by atoms with E-state index in [2.05, 4.69) is 29.1 Å². The van der Waals surface area contributed by atoms with Crippen molar-refractivity contribution in [1.82, 2.24) is 14.6 Å². The van der Waals surface area contributed by atoms with Crippen LogP contribution in [0.4, 0.5) is 5.82 Å². The van der Waals surface area contributed by atoms with E-state index in [1.54, 1.807) is 30.3 Å². The molecule has 0 aliphatic carbocycles. The van der Waals surface area contributed by atoms with Crippen LogP contribution in [0.3, 0.4) is 0 Å². The number of fused-ring (bicyclic) bond motifs is 1. The summed E-state index contributed by atoms with van der Waals surface area (Å²) in [6.07, 6.45) is 18.3. The second-order valence-corrected chi connectivity index (χ2v) is 16.1. The molecule has 0 saturated carbocycles. The van der Waals surface area contributed by atoms with Gasteiger partial charge in [-0.3, -0.25) is 9.05 Å². The van der Waals surface area contributed by atoms with Crippen molar-refractivity contribution in [2.45, 2.75) is 140 Å². The summed E-state index contributed by atoms with van der Waals surface area (Å²) in [5.74, 6) is 0.860. The average molecular weight is 813 g/mol. The van der Waals surface area contributed by atoms with Crippen LogP contribution in [0.5, 0.6) is 11.5 Å². The van der Waals surface area contributed by atoms with Crippen LogP contribution in [-0.4, -0.2) is 76.4 Å². The van der Waals surface area contributed by atoms with Crippen molar-refractivity contribution < 1.29 is 42.6 Å². The summed E-state index contributed by atoms with van der Waals surface area (Å²) in [5, 5.41) is 34.5. The molecule has 1 aliphatic rings. The van der Waals surface area contributed by atoms with Crippen LogP contribution in [0.1, 0.15) is 127 Å². The van der Waals surface area contributed by atoms with Crippen LogP contribution in [0.15, 0.2) is 36.7 Å². The molecule has 0 amide bonds. The quantitative estimate of drug-likeness (QED) is 0.0448. The number of anilines is 1. The fourth-order valence-corrected chi connectivity index (χ4v) is 7.77. The molecule has 4 rings (SSSR count). The molecule has 57 heavy (non-hydrogen) atoms. The largest absolute Gasteiger partial charge is 0.495 e. The van der Waals surface area contributed by atoms with E-state index in [1.165, 1.54) is 101 Å². The fraction of sp³-hybridized carbons (Fsp3) is 0.659. The molecule has 1 aromatic carbocycles. The van der Waals surface area contributed by atoms with Gasteiger partial charge >= 0.3 is 7.82 Å². The number of aliphatic hydroxyl groups excluding tert-OH is 1. The summed E-state index contributed by atoms with van der Waals surface area (Å²) in [7, 11) is -3.27. The van der Waals surface area contributed by atoms with Gasteiger partial charge in [-0.1, -0.05) is 103 Å². The molecular formula is C41H61N6O9P. The minimum Gasteiger partial charge on any atom is -0.495 e. The number of hydrogen-bond donors (Lipinski definition) is 3. The van der Waals surface area contributed by atoms with Gasteiger partial charge in [-0.15, -0.1) is 0 Å². The lowest BCUT2D eigenvalue weighted by atomic mass is 9.96. The summed E-state index contributed by atoms with van der Waals surface area (Å²) < 4.78 is 48.3. The molecule has 0 radical (unpaired) electrons. The number of nitrogen functional groups attached to an aromatic ring is 1. The highest BCUT2D eigenvalue weighted by Crippen LogP contribution is 2.46.